The summed E-state index contributed by atoms with van der Waals surface area (Å²) in [5.41, 5.74) is 1.89. The van der Waals surface area contributed by atoms with Crippen molar-refractivity contribution in [1.82, 2.24) is 9.80 Å². The number of carbonyl (C=O) groups is 1. The number of nitrogens with zero attached hydrogens (tertiary/aromatic N) is 2. The van der Waals surface area contributed by atoms with Crippen molar-refractivity contribution >= 4 is 5.97 Å². The Morgan fingerprint density at radius 3 is 2.75 bits per heavy atom. The molecule has 2 saturated heterocycles. The van der Waals surface area contributed by atoms with Gasteiger partial charge in [0.2, 0.25) is 0 Å². The number of rotatable bonds is 3. The van der Waals surface area contributed by atoms with Gasteiger partial charge in [-0.15, -0.1) is 0 Å². The zero-order valence-electron chi connectivity index (χ0n) is 12.0. The topological polar surface area (TPSA) is 32.8 Å². The Balaban J connectivity index is 0.00000161. The van der Waals surface area contributed by atoms with E-state index in [0.29, 0.717) is 11.7 Å². The van der Waals surface area contributed by atoms with Crippen molar-refractivity contribution in [3.05, 3.63) is 35.4 Å². The molecule has 4 nitrogen and oxygen atoms in total. The predicted molar refractivity (Wildman–Crippen MR) is 79.5 cm³/mol. The van der Waals surface area contributed by atoms with Gasteiger partial charge in [-0.3, -0.25) is 9.80 Å². The lowest BCUT2D eigenvalue weighted by molar-refractivity contribution is 0.0286. The number of carbonyl (C=O) groups excluding carboxylic acids is 1. The lowest BCUT2D eigenvalue weighted by atomic mass is 10.1. The molecule has 2 fully saturated rings. The Labute approximate surface area is 121 Å². The van der Waals surface area contributed by atoms with Gasteiger partial charge in [-0.05, 0) is 43.5 Å². The van der Waals surface area contributed by atoms with Gasteiger partial charge in [0, 0.05) is 21.1 Å². The second-order valence-corrected chi connectivity index (χ2v) is 5.67. The number of fused-ring (bicyclic) bond motifs is 1. The Kier molecular flexibility index (Phi) is 4.03. The molecule has 0 aromatic heterocycles. The third kappa shape index (κ3) is 2.72. The van der Waals surface area contributed by atoms with Gasteiger partial charge in [-0.1, -0.05) is 12.1 Å². The zero-order valence-corrected chi connectivity index (χ0v) is 12.0. The molecule has 20 heavy (non-hydrogen) atoms. The van der Waals surface area contributed by atoms with Crippen molar-refractivity contribution in [3.63, 3.8) is 0 Å². The summed E-state index contributed by atoms with van der Waals surface area (Å²) in [7, 11) is 1.42. The first-order valence-corrected chi connectivity index (χ1v) is 7.43. The normalized spacial score (nSPS) is 23.6. The third-order valence-electron chi connectivity index (χ3n) is 4.40. The van der Waals surface area contributed by atoms with Gasteiger partial charge < -0.3 is 4.74 Å². The van der Waals surface area contributed by atoms with E-state index in [1.165, 1.54) is 51.6 Å². The van der Waals surface area contributed by atoms with Crippen molar-refractivity contribution in [3.8, 4) is 0 Å². The lowest BCUT2D eigenvalue weighted by Crippen LogP contribution is -2.49. The molecule has 1 unspecified atom stereocenters. The van der Waals surface area contributed by atoms with E-state index in [1.807, 2.05) is 24.3 Å². The SMILES string of the molecule is COC(=O)c1ccc(CN2CCCN3CCCC32)cc1.[HH]. The number of hydrogen-bond acceptors (Lipinski definition) is 4. The van der Waals surface area contributed by atoms with Crippen LogP contribution in [-0.2, 0) is 11.3 Å². The van der Waals surface area contributed by atoms with Gasteiger partial charge in [0.1, 0.15) is 0 Å². The third-order valence-corrected chi connectivity index (χ3v) is 4.40. The molecule has 0 amide bonds. The highest BCUT2D eigenvalue weighted by Gasteiger charge is 2.32. The van der Waals surface area contributed by atoms with Gasteiger partial charge in [-0.25, -0.2) is 4.79 Å². The number of ether oxygens (including phenoxy) is 1. The van der Waals surface area contributed by atoms with Crippen LogP contribution < -0.4 is 0 Å². The molecule has 1 aromatic rings. The summed E-state index contributed by atoms with van der Waals surface area (Å²) in [6.07, 6.45) is 4.50. The van der Waals surface area contributed by atoms with Crippen LogP contribution in [-0.4, -0.2) is 48.7 Å². The fraction of sp³-hybridized carbons (Fsp3) is 0.562. The quantitative estimate of drug-likeness (QED) is 0.793. The number of hydrogen-bond donors (Lipinski definition) is 0. The summed E-state index contributed by atoms with van der Waals surface area (Å²) in [6.45, 7) is 4.66. The Morgan fingerprint density at radius 1 is 1.25 bits per heavy atom. The van der Waals surface area contributed by atoms with Crippen LogP contribution in [0.15, 0.2) is 24.3 Å². The first kappa shape index (κ1) is 13.6. The van der Waals surface area contributed by atoms with E-state index >= 15 is 0 Å². The summed E-state index contributed by atoms with van der Waals surface area (Å²) in [4.78, 5) is 16.6. The highest BCUT2D eigenvalue weighted by molar-refractivity contribution is 5.89. The van der Waals surface area contributed by atoms with E-state index in [9.17, 15) is 4.79 Å². The number of esters is 1. The lowest BCUT2D eigenvalue weighted by Gasteiger charge is -2.40. The molecule has 0 radical (unpaired) electrons. The van der Waals surface area contributed by atoms with Gasteiger partial charge in [-0.2, -0.15) is 0 Å². The van der Waals surface area contributed by atoms with Crippen molar-refractivity contribution in [2.45, 2.75) is 32.0 Å². The maximum atomic E-state index is 11.4. The minimum absolute atomic E-state index is 0. The predicted octanol–water partition coefficient (Wildman–Crippen LogP) is 2.35. The van der Waals surface area contributed by atoms with Crippen LogP contribution in [0.1, 0.15) is 36.6 Å². The molecule has 110 valence electrons. The van der Waals surface area contributed by atoms with E-state index in [0.717, 1.165) is 6.54 Å². The van der Waals surface area contributed by atoms with Gasteiger partial charge in [0.25, 0.3) is 0 Å². The van der Waals surface area contributed by atoms with Crippen LogP contribution in [0.3, 0.4) is 0 Å². The Bertz CT molecular complexity index is 478. The molecule has 0 bridgehead atoms. The average Bonchev–Trinajstić information content (AvgIpc) is 2.97. The van der Waals surface area contributed by atoms with Crippen LogP contribution in [0.25, 0.3) is 0 Å². The highest BCUT2D eigenvalue weighted by atomic mass is 16.5. The molecular formula is C16H24N2O2. The zero-order chi connectivity index (χ0) is 13.9. The van der Waals surface area contributed by atoms with Gasteiger partial charge in [0.15, 0.2) is 0 Å². The van der Waals surface area contributed by atoms with Crippen molar-refractivity contribution in [1.29, 1.82) is 0 Å². The largest absolute Gasteiger partial charge is 0.465 e. The van der Waals surface area contributed by atoms with Gasteiger partial charge >= 0.3 is 5.97 Å². The highest BCUT2D eigenvalue weighted by Crippen LogP contribution is 2.26. The first-order chi connectivity index (χ1) is 9.78. The minimum Gasteiger partial charge on any atom is -0.465 e. The van der Waals surface area contributed by atoms with Crippen molar-refractivity contribution < 1.29 is 11.0 Å². The van der Waals surface area contributed by atoms with Crippen LogP contribution in [0.4, 0.5) is 0 Å². The average molecular weight is 276 g/mol. The standard InChI is InChI=1S/C16H22N2O2.H2/c1-20-16(19)14-7-5-13(6-8-14)12-18-11-3-10-17-9-2-4-15(17)18;/h5-8,15H,2-4,9-12H2,1H3;1H. The first-order valence-electron chi connectivity index (χ1n) is 7.43. The van der Waals surface area contributed by atoms with Crippen LogP contribution in [0.5, 0.6) is 0 Å². The molecule has 1 aromatic carbocycles. The molecule has 0 N–H and O–H groups in total. The Morgan fingerprint density at radius 2 is 2.00 bits per heavy atom. The summed E-state index contributed by atoms with van der Waals surface area (Å²) >= 11 is 0. The van der Waals surface area contributed by atoms with Crippen LogP contribution >= 0.6 is 0 Å². The fourth-order valence-electron chi connectivity index (χ4n) is 3.39. The number of methoxy groups -OCH3 is 1. The monoisotopic (exact) mass is 276 g/mol. The molecular weight excluding hydrogens is 252 g/mol. The molecule has 2 aliphatic heterocycles. The van der Waals surface area contributed by atoms with Gasteiger partial charge in [0.05, 0.1) is 18.8 Å². The van der Waals surface area contributed by atoms with E-state index in [-0.39, 0.29) is 7.40 Å². The number of benzene rings is 1. The second kappa shape index (κ2) is 5.94. The molecule has 0 spiro atoms. The molecule has 0 saturated carbocycles. The maximum Gasteiger partial charge on any atom is 0.337 e. The molecule has 3 rings (SSSR count). The molecule has 2 aliphatic rings. The summed E-state index contributed by atoms with van der Waals surface area (Å²) in [6, 6.07) is 7.80. The summed E-state index contributed by atoms with van der Waals surface area (Å²) in [5, 5.41) is 0. The molecule has 1 atom stereocenters. The van der Waals surface area contributed by atoms with Crippen LogP contribution in [0.2, 0.25) is 0 Å². The van der Waals surface area contributed by atoms with Crippen molar-refractivity contribution in [2.75, 3.05) is 26.7 Å². The Hall–Kier alpha value is -1.39. The maximum absolute atomic E-state index is 11.4. The molecule has 0 aliphatic carbocycles. The smallest absolute Gasteiger partial charge is 0.337 e. The summed E-state index contributed by atoms with van der Waals surface area (Å²) < 4.78 is 4.73. The minimum atomic E-state index is -0.267. The second-order valence-electron chi connectivity index (χ2n) is 5.67. The van der Waals surface area contributed by atoms with Crippen molar-refractivity contribution in [2.24, 2.45) is 0 Å². The fourth-order valence-corrected chi connectivity index (χ4v) is 3.39. The molecule has 2 heterocycles. The van der Waals surface area contributed by atoms with E-state index < -0.39 is 0 Å². The van der Waals surface area contributed by atoms with E-state index in [1.54, 1.807) is 0 Å². The van der Waals surface area contributed by atoms with E-state index in [4.69, 9.17) is 4.74 Å². The molecule has 4 heteroatoms. The van der Waals surface area contributed by atoms with E-state index in [2.05, 4.69) is 9.80 Å². The van der Waals surface area contributed by atoms with Crippen LogP contribution in [0, 0.1) is 0 Å². The summed E-state index contributed by atoms with van der Waals surface area (Å²) in [5.74, 6) is -0.267.